The van der Waals surface area contributed by atoms with Gasteiger partial charge >= 0.3 is 0 Å². The predicted octanol–water partition coefficient (Wildman–Crippen LogP) is 1.67. The van der Waals surface area contributed by atoms with E-state index in [1.807, 2.05) is 0 Å². The Hall–Kier alpha value is -1.23. The van der Waals surface area contributed by atoms with Crippen molar-refractivity contribution in [3.05, 3.63) is 11.4 Å². The lowest BCUT2D eigenvalue weighted by Gasteiger charge is -2.42. The van der Waals surface area contributed by atoms with E-state index in [4.69, 9.17) is 4.98 Å². The lowest BCUT2D eigenvalue weighted by molar-refractivity contribution is 0.201. The number of hydrogen-bond acceptors (Lipinski definition) is 5. The highest BCUT2D eigenvalue weighted by Crippen LogP contribution is 2.26. The van der Waals surface area contributed by atoms with Crippen LogP contribution in [0.1, 0.15) is 45.0 Å². The Morgan fingerprint density at radius 3 is 2.65 bits per heavy atom. The second-order valence-electron chi connectivity index (χ2n) is 6.00. The number of fused-ring (bicyclic) bond motifs is 1. The molecule has 20 heavy (non-hydrogen) atoms. The monoisotopic (exact) mass is 275 g/mol. The molecule has 0 saturated carbocycles. The molecule has 2 atom stereocenters. The van der Waals surface area contributed by atoms with Gasteiger partial charge in [0.15, 0.2) is 0 Å². The highest BCUT2D eigenvalue weighted by molar-refractivity contribution is 5.34. The van der Waals surface area contributed by atoms with Gasteiger partial charge in [-0.25, -0.2) is 4.98 Å². The first-order valence-corrected chi connectivity index (χ1v) is 7.96. The fourth-order valence-electron chi connectivity index (χ4n) is 3.52. The minimum Gasteiger partial charge on any atom is -0.334 e. The smallest absolute Gasteiger partial charge is 0.245 e. The van der Waals surface area contributed by atoms with E-state index >= 15 is 0 Å². The van der Waals surface area contributed by atoms with Crippen molar-refractivity contribution < 1.29 is 0 Å². The molecule has 0 N–H and O–H groups in total. The van der Waals surface area contributed by atoms with Gasteiger partial charge in [0.25, 0.3) is 0 Å². The average molecular weight is 275 g/mol. The fraction of sp³-hybridized carbons (Fsp3) is 0.800. The molecule has 2 saturated heterocycles. The molecule has 1 aromatic rings. The first-order valence-electron chi connectivity index (χ1n) is 7.96. The molecule has 0 radical (unpaired) electrons. The zero-order valence-electron chi connectivity index (χ0n) is 12.8. The largest absolute Gasteiger partial charge is 0.334 e. The van der Waals surface area contributed by atoms with Crippen LogP contribution in [0.4, 0.5) is 5.95 Å². The number of aromatic nitrogens is 3. The van der Waals surface area contributed by atoms with Crippen molar-refractivity contribution in [1.29, 1.82) is 0 Å². The first-order chi connectivity index (χ1) is 9.72. The van der Waals surface area contributed by atoms with Crippen LogP contribution >= 0.6 is 0 Å². The van der Waals surface area contributed by atoms with Crippen LogP contribution in [-0.4, -0.2) is 51.8 Å². The summed E-state index contributed by atoms with van der Waals surface area (Å²) in [6, 6.07) is 1.16. The highest BCUT2D eigenvalue weighted by atomic mass is 15.4. The van der Waals surface area contributed by atoms with E-state index in [0.717, 1.165) is 43.3 Å². The third-order valence-corrected chi connectivity index (χ3v) is 4.69. The van der Waals surface area contributed by atoms with Gasteiger partial charge in [0.1, 0.15) is 0 Å². The summed E-state index contributed by atoms with van der Waals surface area (Å²) in [4.78, 5) is 9.76. The predicted molar refractivity (Wildman–Crippen MR) is 80.0 cm³/mol. The lowest BCUT2D eigenvalue weighted by atomic mass is 10.1. The molecule has 3 rings (SSSR count). The summed E-state index contributed by atoms with van der Waals surface area (Å²) in [6.45, 7) is 9.98. The van der Waals surface area contributed by atoms with E-state index < -0.39 is 0 Å². The van der Waals surface area contributed by atoms with Crippen LogP contribution in [0.5, 0.6) is 0 Å². The van der Waals surface area contributed by atoms with Gasteiger partial charge in [0.05, 0.1) is 11.4 Å². The second kappa shape index (κ2) is 5.64. The third-order valence-electron chi connectivity index (χ3n) is 4.69. The van der Waals surface area contributed by atoms with Crippen LogP contribution in [0.2, 0.25) is 0 Å². The zero-order valence-corrected chi connectivity index (χ0v) is 12.8. The van der Waals surface area contributed by atoms with Gasteiger partial charge in [-0.3, -0.25) is 4.90 Å². The summed E-state index contributed by atoms with van der Waals surface area (Å²) in [5, 5.41) is 8.79. The molecular weight excluding hydrogens is 250 g/mol. The summed E-state index contributed by atoms with van der Waals surface area (Å²) in [5.41, 5.74) is 2.15. The molecular formula is C15H25N5. The summed E-state index contributed by atoms with van der Waals surface area (Å²) in [5.74, 6) is 0.832. The average Bonchev–Trinajstić information content (AvgIpc) is 2.92. The fourth-order valence-corrected chi connectivity index (χ4v) is 3.52. The number of nitrogens with zero attached hydrogens (tertiary/aromatic N) is 5. The standard InChI is InChI=1S/C15H25N5/c1-4-13-14(5-2)17-18-15(16-13)20-10-12-7-6-8-19(12)9-11(20)3/h11-12H,4-10H2,1-3H3. The number of hydrogen-bond donors (Lipinski definition) is 0. The van der Waals surface area contributed by atoms with Gasteiger partial charge in [-0.1, -0.05) is 13.8 Å². The van der Waals surface area contributed by atoms with E-state index in [1.165, 1.54) is 19.4 Å². The van der Waals surface area contributed by atoms with Gasteiger partial charge in [-0.15, -0.1) is 5.10 Å². The maximum Gasteiger partial charge on any atom is 0.245 e. The molecule has 2 aliphatic heterocycles. The Labute approximate surface area is 121 Å². The molecule has 110 valence electrons. The van der Waals surface area contributed by atoms with Crippen molar-refractivity contribution in [3.8, 4) is 0 Å². The van der Waals surface area contributed by atoms with Crippen LogP contribution in [0.25, 0.3) is 0 Å². The molecule has 0 bridgehead atoms. The van der Waals surface area contributed by atoms with Crippen molar-refractivity contribution in [2.24, 2.45) is 0 Å². The van der Waals surface area contributed by atoms with Crippen LogP contribution < -0.4 is 4.90 Å². The molecule has 0 aromatic carbocycles. The maximum atomic E-state index is 4.78. The van der Waals surface area contributed by atoms with Crippen LogP contribution in [0, 0.1) is 0 Å². The minimum absolute atomic E-state index is 0.475. The van der Waals surface area contributed by atoms with E-state index in [0.29, 0.717) is 12.1 Å². The normalized spacial score (nSPS) is 26.9. The Balaban J connectivity index is 1.84. The molecule has 2 unspecified atom stereocenters. The van der Waals surface area contributed by atoms with Gasteiger partial charge in [0, 0.05) is 25.2 Å². The van der Waals surface area contributed by atoms with Crippen molar-refractivity contribution in [2.75, 3.05) is 24.5 Å². The van der Waals surface area contributed by atoms with E-state index in [1.54, 1.807) is 0 Å². The summed E-state index contributed by atoms with van der Waals surface area (Å²) < 4.78 is 0. The van der Waals surface area contributed by atoms with Crippen LogP contribution in [-0.2, 0) is 12.8 Å². The molecule has 1 aromatic heterocycles. The number of rotatable bonds is 3. The van der Waals surface area contributed by atoms with Crippen molar-refractivity contribution >= 4 is 5.95 Å². The molecule has 5 heteroatoms. The first kappa shape index (κ1) is 13.7. The third kappa shape index (κ3) is 2.39. The van der Waals surface area contributed by atoms with Crippen molar-refractivity contribution in [1.82, 2.24) is 20.1 Å². The Morgan fingerprint density at radius 1 is 1.10 bits per heavy atom. The summed E-state index contributed by atoms with van der Waals surface area (Å²) >= 11 is 0. The molecule has 0 aliphatic carbocycles. The Kier molecular flexibility index (Phi) is 3.87. The van der Waals surface area contributed by atoms with Gasteiger partial charge in [-0.05, 0) is 39.2 Å². The minimum atomic E-state index is 0.475. The Bertz CT molecular complexity index is 475. The summed E-state index contributed by atoms with van der Waals surface area (Å²) in [6.07, 6.45) is 4.49. The number of anilines is 1. The number of aryl methyl sites for hydroxylation is 2. The lowest BCUT2D eigenvalue weighted by Crippen LogP contribution is -2.55. The second-order valence-corrected chi connectivity index (χ2v) is 6.00. The van der Waals surface area contributed by atoms with Gasteiger partial charge in [0.2, 0.25) is 5.95 Å². The highest BCUT2D eigenvalue weighted by Gasteiger charge is 2.35. The molecule has 0 amide bonds. The summed E-state index contributed by atoms with van der Waals surface area (Å²) in [7, 11) is 0. The van der Waals surface area contributed by atoms with Crippen molar-refractivity contribution in [3.63, 3.8) is 0 Å². The van der Waals surface area contributed by atoms with E-state index in [2.05, 4.69) is 40.8 Å². The van der Waals surface area contributed by atoms with E-state index in [-0.39, 0.29) is 0 Å². The molecule has 2 aliphatic rings. The molecule has 5 nitrogen and oxygen atoms in total. The molecule has 0 spiro atoms. The topological polar surface area (TPSA) is 45.2 Å². The maximum absolute atomic E-state index is 4.78. The SMILES string of the molecule is CCc1nnc(N2CC3CCCN3CC2C)nc1CC. The zero-order chi connectivity index (χ0) is 14.1. The van der Waals surface area contributed by atoms with Crippen LogP contribution in [0.15, 0.2) is 0 Å². The van der Waals surface area contributed by atoms with Crippen LogP contribution in [0.3, 0.4) is 0 Å². The van der Waals surface area contributed by atoms with Crippen molar-refractivity contribution in [2.45, 2.75) is 58.5 Å². The van der Waals surface area contributed by atoms with Gasteiger partial charge in [-0.2, -0.15) is 5.10 Å². The van der Waals surface area contributed by atoms with E-state index in [9.17, 15) is 0 Å². The quantitative estimate of drug-likeness (QED) is 0.839. The van der Waals surface area contributed by atoms with Gasteiger partial charge < -0.3 is 4.90 Å². The Morgan fingerprint density at radius 2 is 1.90 bits per heavy atom. The number of piperazine rings is 1. The molecule has 3 heterocycles. The molecule has 2 fully saturated rings.